The maximum atomic E-state index is 11.4. The van der Waals surface area contributed by atoms with Gasteiger partial charge in [0.05, 0.1) is 6.42 Å². The Labute approximate surface area is 106 Å². The van der Waals surface area contributed by atoms with Crippen LogP contribution in [0, 0.1) is 5.41 Å². The van der Waals surface area contributed by atoms with Crippen LogP contribution in [-0.4, -0.2) is 35.6 Å². The average Bonchev–Trinajstić information content (AvgIpc) is 2.13. The highest BCUT2D eigenvalue weighted by Crippen LogP contribution is 2.16. The summed E-state index contributed by atoms with van der Waals surface area (Å²) in [6.45, 7) is 6.51. The molecule has 0 aromatic heterocycles. The second kappa shape index (κ2) is 6.83. The van der Waals surface area contributed by atoms with Crippen LogP contribution in [0.1, 0.15) is 33.6 Å². The molecule has 0 fully saturated rings. The summed E-state index contributed by atoms with van der Waals surface area (Å²) in [6.07, 6.45) is 0.329. The van der Waals surface area contributed by atoms with Crippen LogP contribution in [0.5, 0.6) is 0 Å². The molecule has 0 aromatic carbocycles. The van der Waals surface area contributed by atoms with Crippen molar-refractivity contribution >= 4 is 17.9 Å². The summed E-state index contributed by atoms with van der Waals surface area (Å²) >= 11 is 0. The van der Waals surface area contributed by atoms with Crippen molar-refractivity contribution < 1.29 is 19.5 Å². The lowest BCUT2D eigenvalue weighted by molar-refractivity contribution is -0.140. The van der Waals surface area contributed by atoms with Gasteiger partial charge in [0.1, 0.15) is 6.04 Å². The lowest BCUT2D eigenvalue weighted by Crippen LogP contribution is -2.48. The van der Waals surface area contributed by atoms with Crippen molar-refractivity contribution in [2.45, 2.75) is 39.7 Å². The molecule has 0 aliphatic rings. The lowest BCUT2D eigenvalue weighted by Gasteiger charge is -2.19. The Kier molecular flexibility index (Phi) is 6.15. The van der Waals surface area contributed by atoms with E-state index in [-0.39, 0.29) is 5.41 Å². The number of primary amides is 1. The van der Waals surface area contributed by atoms with Crippen molar-refractivity contribution in [2.75, 3.05) is 6.54 Å². The zero-order valence-electron chi connectivity index (χ0n) is 10.9. The Balaban J connectivity index is 4.11. The van der Waals surface area contributed by atoms with E-state index in [0.717, 1.165) is 6.42 Å². The zero-order valence-corrected chi connectivity index (χ0v) is 10.9. The number of urea groups is 1. The first-order valence-corrected chi connectivity index (χ1v) is 5.67. The smallest absolute Gasteiger partial charge is 0.326 e. The summed E-state index contributed by atoms with van der Waals surface area (Å²) in [5.74, 6) is -2.07. The normalized spacial score (nSPS) is 12.6. The molecule has 0 radical (unpaired) electrons. The Morgan fingerprint density at radius 3 is 2.22 bits per heavy atom. The van der Waals surface area contributed by atoms with E-state index in [2.05, 4.69) is 10.6 Å². The largest absolute Gasteiger partial charge is 0.480 e. The summed E-state index contributed by atoms with van der Waals surface area (Å²) < 4.78 is 0. The minimum atomic E-state index is -1.29. The number of hydrogen-bond acceptors (Lipinski definition) is 3. The molecule has 0 saturated heterocycles. The lowest BCUT2D eigenvalue weighted by atomic mass is 9.92. The summed E-state index contributed by atoms with van der Waals surface area (Å²) in [5.41, 5.74) is 4.97. The van der Waals surface area contributed by atoms with Gasteiger partial charge in [0.2, 0.25) is 5.91 Å². The van der Waals surface area contributed by atoms with Gasteiger partial charge in [0.25, 0.3) is 0 Å². The predicted molar refractivity (Wildman–Crippen MR) is 65.8 cm³/mol. The molecule has 104 valence electrons. The first-order valence-electron chi connectivity index (χ1n) is 5.67. The minimum Gasteiger partial charge on any atom is -0.480 e. The van der Waals surface area contributed by atoms with Crippen LogP contribution in [0.25, 0.3) is 0 Å². The Hall–Kier alpha value is -1.79. The molecular weight excluding hydrogens is 238 g/mol. The molecule has 1 unspecified atom stereocenters. The highest BCUT2D eigenvalue weighted by Gasteiger charge is 2.22. The number of amides is 3. The number of carbonyl (C=O) groups is 3. The van der Waals surface area contributed by atoms with Crippen LogP contribution < -0.4 is 16.4 Å². The number of hydrogen-bond donors (Lipinski definition) is 4. The van der Waals surface area contributed by atoms with E-state index < -0.39 is 30.4 Å². The van der Waals surface area contributed by atoms with Crippen molar-refractivity contribution in [1.29, 1.82) is 0 Å². The minimum absolute atomic E-state index is 0.0761. The standard InChI is InChI=1S/C11H21N3O4/c1-11(2,3)4-5-13-10(18)14-7(9(16)17)6-8(12)15/h7H,4-6H2,1-3H3,(H2,12,15)(H,16,17)(H2,13,14,18). The summed E-state index contributed by atoms with van der Waals surface area (Å²) in [6, 6.07) is -1.91. The molecule has 3 amide bonds. The van der Waals surface area contributed by atoms with Crippen molar-refractivity contribution in [3.8, 4) is 0 Å². The van der Waals surface area contributed by atoms with Gasteiger partial charge in [-0.2, -0.15) is 0 Å². The predicted octanol–water partition coefficient (Wildman–Crippen LogP) is 0.0504. The van der Waals surface area contributed by atoms with Crippen LogP contribution in [0.15, 0.2) is 0 Å². The molecule has 18 heavy (non-hydrogen) atoms. The molecule has 0 aliphatic heterocycles. The van der Waals surface area contributed by atoms with Gasteiger partial charge in [0, 0.05) is 6.54 Å². The third kappa shape index (κ3) is 8.37. The van der Waals surface area contributed by atoms with Gasteiger partial charge in [-0.1, -0.05) is 20.8 Å². The molecule has 5 N–H and O–H groups in total. The SMILES string of the molecule is CC(C)(C)CCNC(=O)NC(CC(N)=O)C(=O)O. The zero-order chi connectivity index (χ0) is 14.3. The maximum absolute atomic E-state index is 11.4. The van der Waals surface area contributed by atoms with Crippen LogP contribution in [0.3, 0.4) is 0 Å². The third-order valence-electron chi connectivity index (χ3n) is 2.17. The van der Waals surface area contributed by atoms with Crippen molar-refractivity contribution in [3.05, 3.63) is 0 Å². The summed E-state index contributed by atoms with van der Waals surface area (Å²) in [5, 5.41) is 13.5. The fourth-order valence-corrected chi connectivity index (χ4v) is 1.16. The van der Waals surface area contributed by atoms with Crippen LogP contribution in [0.4, 0.5) is 4.79 Å². The molecule has 0 rings (SSSR count). The average molecular weight is 259 g/mol. The number of nitrogens with one attached hydrogen (secondary N) is 2. The molecule has 0 aromatic rings. The van der Waals surface area contributed by atoms with E-state index in [1.54, 1.807) is 0 Å². The number of nitrogens with two attached hydrogens (primary N) is 1. The van der Waals surface area contributed by atoms with E-state index in [9.17, 15) is 14.4 Å². The quantitative estimate of drug-likeness (QED) is 0.538. The van der Waals surface area contributed by atoms with E-state index >= 15 is 0 Å². The van der Waals surface area contributed by atoms with Gasteiger partial charge in [-0.05, 0) is 11.8 Å². The second-order valence-electron chi connectivity index (χ2n) is 5.27. The van der Waals surface area contributed by atoms with E-state index in [0.29, 0.717) is 6.54 Å². The van der Waals surface area contributed by atoms with E-state index in [1.165, 1.54) is 0 Å². The Morgan fingerprint density at radius 2 is 1.83 bits per heavy atom. The molecule has 0 saturated carbocycles. The van der Waals surface area contributed by atoms with Crippen molar-refractivity contribution in [3.63, 3.8) is 0 Å². The van der Waals surface area contributed by atoms with Gasteiger partial charge in [0.15, 0.2) is 0 Å². The summed E-state index contributed by atoms with van der Waals surface area (Å²) in [4.78, 5) is 32.8. The van der Waals surface area contributed by atoms with Gasteiger partial charge >= 0.3 is 12.0 Å². The van der Waals surface area contributed by atoms with Crippen molar-refractivity contribution in [1.82, 2.24) is 10.6 Å². The fourth-order valence-electron chi connectivity index (χ4n) is 1.16. The van der Waals surface area contributed by atoms with Crippen LogP contribution >= 0.6 is 0 Å². The number of carboxylic acids is 1. The molecular formula is C11H21N3O4. The molecule has 7 heteroatoms. The van der Waals surface area contributed by atoms with Crippen molar-refractivity contribution in [2.24, 2.45) is 11.1 Å². The summed E-state index contributed by atoms with van der Waals surface area (Å²) in [7, 11) is 0. The number of rotatable bonds is 6. The highest BCUT2D eigenvalue weighted by molar-refractivity contribution is 5.87. The molecule has 1 atom stereocenters. The van der Waals surface area contributed by atoms with Crippen LogP contribution in [-0.2, 0) is 9.59 Å². The first kappa shape index (κ1) is 16.2. The second-order valence-corrected chi connectivity index (χ2v) is 5.27. The number of aliphatic carboxylic acids is 1. The molecule has 0 aliphatic carbocycles. The fraction of sp³-hybridized carbons (Fsp3) is 0.727. The number of carboxylic acid groups (broad SMARTS) is 1. The Morgan fingerprint density at radius 1 is 1.28 bits per heavy atom. The monoisotopic (exact) mass is 259 g/mol. The Bertz CT molecular complexity index is 323. The van der Waals surface area contributed by atoms with E-state index in [4.69, 9.17) is 10.8 Å². The number of carbonyl (C=O) groups excluding carboxylic acids is 2. The third-order valence-corrected chi connectivity index (χ3v) is 2.17. The van der Waals surface area contributed by atoms with E-state index in [1.807, 2.05) is 20.8 Å². The van der Waals surface area contributed by atoms with Gasteiger partial charge in [-0.25, -0.2) is 9.59 Å². The van der Waals surface area contributed by atoms with Gasteiger partial charge in [-0.3, -0.25) is 4.79 Å². The maximum Gasteiger partial charge on any atom is 0.326 e. The topological polar surface area (TPSA) is 122 Å². The molecule has 0 bridgehead atoms. The van der Waals surface area contributed by atoms with Gasteiger partial charge in [-0.15, -0.1) is 0 Å². The van der Waals surface area contributed by atoms with Crippen LogP contribution in [0.2, 0.25) is 0 Å². The van der Waals surface area contributed by atoms with Gasteiger partial charge < -0.3 is 21.5 Å². The molecule has 7 nitrogen and oxygen atoms in total. The first-order chi connectivity index (χ1) is 8.11. The highest BCUT2D eigenvalue weighted by atomic mass is 16.4. The molecule has 0 spiro atoms. The molecule has 0 heterocycles.